The van der Waals surface area contributed by atoms with E-state index in [-0.39, 0.29) is 0 Å². The van der Waals surface area contributed by atoms with E-state index >= 15 is 0 Å². The van der Waals surface area contributed by atoms with Gasteiger partial charge in [0.15, 0.2) is 0 Å². The molecule has 190 valence electrons. The number of amides is 1. The lowest BCUT2D eigenvalue weighted by Crippen LogP contribution is -2.36. The van der Waals surface area contributed by atoms with E-state index in [4.69, 9.17) is 0 Å². The van der Waals surface area contributed by atoms with E-state index < -0.39 is 0 Å². The third-order valence-electron chi connectivity index (χ3n) is 7.82. The van der Waals surface area contributed by atoms with E-state index in [1.807, 2.05) is 0 Å². The van der Waals surface area contributed by atoms with Crippen LogP contribution in [0, 0.1) is 0 Å². The summed E-state index contributed by atoms with van der Waals surface area (Å²) in [6.45, 7) is 3.24. The average molecular weight is 467 g/mol. The van der Waals surface area contributed by atoms with Crippen LogP contribution in [0.4, 0.5) is 0 Å². The first-order valence-corrected chi connectivity index (χ1v) is 14.6. The van der Waals surface area contributed by atoms with Crippen molar-refractivity contribution in [1.82, 2.24) is 9.88 Å². The number of hydrogen-bond donors (Lipinski definition) is 1. The van der Waals surface area contributed by atoms with Crippen LogP contribution in [0.15, 0.2) is 30.5 Å². The Bertz CT molecular complexity index is 811. The van der Waals surface area contributed by atoms with Gasteiger partial charge in [-0.3, -0.25) is 4.79 Å². The van der Waals surface area contributed by atoms with Gasteiger partial charge in [0.1, 0.15) is 0 Å². The topological polar surface area (TPSA) is 36.1 Å². The predicted molar refractivity (Wildman–Crippen MR) is 146 cm³/mol. The van der Waals surface area contributed by atoms with E-state index in [2.05, 4.69) is 47.3 Å². The molecule has 1 aliphatic rings. The Morgan fingerprint density at radius 2 is 1.44 bits per heavy atom. The van der Waals surface area contributed by atoms with Crippen LogP contribution in [-0.2, 0) is 11.2 Å². The molecular formula is C31H50N2O. The molecule has 0 aliphatic carbocycles. The van der Waals surface area contributed by atoms with Crippen molar-refractivity contribution >= 4 is 16.8 Å². The van der Waals surface area contributed by atoms with Gasteiger partial charge in [-0.05, 0) is 37.3 Å². The first kappa shape index (κ1) is 26.8. The van der Waals surface area contributed by atoms with E-state index in [0.717, 1.165) is 38.6 Å². The van der Waals surface area contributed by atoms with Gasteiger partial charge in [-0.1, -0.05) is 115 Å². The number of para-hydroxylation sites is 1. The Hall–Kier alpha value is -1.77. The quantitative estimate of drug-likeness (QED) is 0.219. The highest BCUT2D eigenvalue weighted by atomic mass is 16.2. The Labute approximate surface area is 209 Å². The third kappa shape index (κ3) is 9.12. The fourth-order valence-electron chi connectivity index (χ4n) is 5.72. The molecule has 0 spiro atoms. The number of hydrogen-bond acceptors (Lipinski definition) is 1. The van der Waals surface area contributed by atoms with E-state index in [1.54, 1.807) is 0 Å². The fraction of sp³-hybridized carbons (Fsp3) is 0.710. The van der Waals surface area contributed by atoms with Gasteiger partial charge in [0.05, 0.1) is 0 Å². The molecule has 2 aromatic rings. The molecule has 3 nitrogen and oxygen atoms in total. The summed E-state index contributed by atoms with van der Waals surface area (Å²) < 4.78 is 0. The standard InChI is InChI=1S/C31H50N2O/c1-2-3-4-5-6-7-8-9-10-11-12-13-14-15-16-23-31(34)33-24-19-20-28(33)25-27-26-32-30-22-18-17-21-29(27)30/h17-18,21-22,26,28,32H,2-16,19-20,23-25H2,1H3/t28-/m1/s1. The molecule has 0 unspecified atom stereocenters. The van der Waals surface area contributed by atoms with Gasteiger partial charge in [-0.25, -0.2) is 0 Å². The first-order chi connectivity index (χ1) is 16.8. The monoisotopic (exact) mass is 466 g/mol. The summed E-state index contributed by atoms with van der Waals surface area (Å²) in [5, 5.41) is 1.31. The van der Waals surface area contributed by atoms with E-state index in [0.29, 0.717) is 11.9 Å². The smallest absolute Gasteiger partial charge is 0.222 e. The second-order valence-electron chi connectivity index (χ2n) is 10.6. The van der Waals surface area contributed by atoms with Crippen LogP contribution in [0.5, 0.6) is 0 Å². The van der Waals surface area contributed by atoms with Crippen molar-refractivity contribution in [3.05, 3.63) is 36.0 Å². The molecule has 1 N–H and O–H groups in total. The van der Waals surface area contributed by atoms with Crippen LogP contribution >= 0.6 is 0 Å². The van der Waals surface area contributed by atoms with E-state index in [9.17, 15) is 4.79 Å². The number of aromatic nitrogens is 1. The Balaban J connectivity index is 1.19. The van der Waals surface area contributed by atoms with Crippen molar-refractivity contribution in [3.63, 3.8) is 0 Å². The van der Waals surface area contributed by atoms with Gasteiger partial charge in [-0.15, -0.1) is 0 Å². The molecule has 0 radical (unpaired) electrons. The molecule has 1 aromatic heterocycles. The summed E-state index contributed by atoms with van der Waals surface area (Å²) in [6.07, 6.45) is 26.7. The van der Waals surface area contributed by atoms with Gasteiger partial charge in [0, 0.05) is 36.1 Å². The number of H-pyrrole nitrogens is 1. The molecule has 0 saturated carbocycles. The van der Waals surface area contributed by atoms with Gasteiger partial charge < -0.3 is 9.88 Å². The van der Waals surface area contributed by atoms with Crippen molar-refractivity contribution in [2.75, 3.05) is 6.54 Å². The Morgan fingerprint density at radius 3 is 2.09 bits per heavy atom. The lowest BCUT2D eigenvalue weighted by molar-refractivity contribution is -0.132. The molecule has 1 amide bonds. The van der Waals surface area contributed by atoms with Gasteiger partial charge >= 0.3 is 0 Å². The summed E-state index contributed by atoms with van der Waals surface area (Å²) in [7, 11) is 0. The third-order valence-corrected chi connectivity index (χ3v) is 7.82. The van der Waals surface area contributed by atoms with Crippen LogP contribution in [0.2, 0.25) is 0 Å². The number of benzene rings is 1. The zero-order valence-corrected chi connectivity index (χ0v) is 22.0. The van der Waals surface area contributed by atoms with Crippen LogP contribution in [0.3, 0.4) is 0 Å². The van der Waals surface area contributed by atoms with Gasteiger partial charge in [0.25, 0.3) is 0 Å². The summed E-state index contributed by atoms with van der Waals surface area (Å²) in [5.41, 5.74) is 2.55. The summed E-state index contributed by atoms with van der Waals surface area (Å²) in [6, 6.07) is 8.88. The maximum Gasteiger partial charge on any atom is 0.222 e. The lowest BCUT2D eigenvalue weighted by atomic mass is 10.0. The number of aromatic amines is 1. The minimum atomic E-state index is 0.378. The molecule has 0 bridgehead atoms. The van der Waals surface area contributed by atoms with Crippen molar-refractivity contribution in [3.8, 4) is 0 Å². The number of carbonyl (C=O) groups excluding carboxylic acids is 1. The molecule has 2 heterocycles. The number of nitrogens with one attached hydrogen (secondary N) is 1. The average Bonchev–Trinajstić information content (AvgIpc) is 3.49. The molecule has 3 heteroatoms. The van der Waals surface area contributed by atoms with Crippen LogP contribution < -0.4 is 0 Å². The zero-order valence-electron chi connectivity index (χ0n) is 22.0. The number of unbranched alkanes of at least 4 members (excludes halogenated alkanes) is 14. The second kappa shape index (κ2) is 16.0. The Kier molecular flexibility index (Phi) is 12.6. The van der Waals surface area contributed by atoms with Crippen molar-refractivity contribution in [1.29, 1.82) is 0 Å². The normalized spacial score (nSPS) is 16.0. The number of likely N-dealkylation sites (tertiary alicyclic amines) is 1. The van der Waals surface area contributed by atoms with Crippen LogP contribution in [0.25, 0.3) is 10.9 Å². The minimum Gasteiger partial charge on any atom is -0.361 e. The maximum absolute atomic E-state index is 12.9. The number of fused-ring (bicyclic) bond motifs is 1. The molecule has 1 aromatic carbocycles. The fourth-order valence-corrected chi connectivity index (χ4v) is 5.72. The summed E-state index contributed by atoms with van der Waals surface area (Å²) in [5.74, 6) is 0.386. The predicted octanol–water partition coefficient (Wildman–Crippen LogP) is 8.96. The lowest BCUT2D eigenvalue weighted by Gasteiger charge is -2.25. The number of nitrogens with zero attached hydrogens (tertiary/aromatic N) is 1. The van der Waals surface area contributed by atoms with Crippen molar-refractivity contribution in [2.45, 2.75) is 135 Å². The highest BCUT2D eigenvalue weighted by Crippen LogP contribution is 2.26. The summed E-state index contributed by atoms with van der Waals surface area (Å²) in [4.78, 5) is 18.5. The SMILES string of the molecule is CCCCCCCCCCCCCCCCCC(=O)N1CCC[C@@H]1Cc1c[nH]c2ccccc12. The molecule has 1 atom stereocenters. The number of carbonyl (C=O) groups is 1. The van der Waals surface area contributed by atoms with Crippen LogP contribution in [-0.4, -0.2) is 28.4 Å². The maximum atomic E-state index is 12.9. The molecule has 1 fully saturated rings. The minimum absolute atomic E-state index is 0.378. The second-order valence-corrected chi connectivity index (χ2v) is 10.6. The Morgan fingerprint density at radius 1 is 0.853 bits per heavy atom. The highest BCUT2D eigenvalue weighted by Gasteiger charge is 2.28. The molecule has 34 heavy (non-hydrogen) atoms. The van der Waals surface area contributed by atoms with E-state index in [1.165, 1.54) is 106 Å². The summed E-state index contributed by atoms with van der Waals surface area (Å²) >= 11 is 0. The van der Waals surface area contributed by atoms with Gasteiger partial charge in [0.2, 0.25) is 5.91 Å². The van der Waals surface area contributed by atoms with Crippen molar-refractivity contribution in [2.24, 2.45) is 0 Å². The van der Waals surface area contributed by atoms with Gasteiger partial charge in [-0.2, -0.15) is 0 Å². The molecular weight excluding hydrogens is 416 g/mol. The molecule has 1 aliphatic heterocycles. The largest absolute Gasteiger partial charge is 0.361 e. The molecule has 3 rings (SSSR count). The van der Waals surface area contributed by atoms with Crippen LogP contribution in [0.1, 0.15) is 128 Å². The zero-order chi connectivity index (χ0) is 23.8. The first-order valence-electron chi connectivity index (χ1n) is 14.6. The number of rotatable bonds is 18. The van der Waals surface area contributed by atoms with Crippen molar-refractivity contribution < 1.29 is 4.79 Å². The highest BCUT2D eigenvalue weighted by molar-refractivity contribution is 5.83. The molecule has 1 saturated heterocycles.